The summed E-state index contributed by atoms with van der Waals surface area (Å²) in [6, 6.07) is 0. The van der Waals surface area contributed by atoms with Crippen LogP contribution in [0.25, 0.3) is 0 Å². The van der Waals surface area contributed by atoms with Gasteiger partial charge in [-0.3, -0.25) is 23.2 Å². The first-order chi connectivity index (χ1) is 32.3. The van der Waals surface area contributed by atoms with Crippen molar-refractivity contribution in [1.29, 1.82) is 0 Å². The van der Waals surface area contributed by atoms with Gasteiger partial charge >= 0.3 is 27.6 Å². The van der Waals surface area contributed by atoms with E-state index in [0.717, 1.165) is 57.4 Å². The van der Waals surface area contributed by atoms with E-state index in [9.17, 15) is 69.1 Å². The number of hydrogen-bond donors (Lipinski definition) is 10. The minimum Gasteiger partial charge on any atom is -0.462 e. The zero-order chi connectivity index (χ0) is 50.5. The Labute approximate surface area is 402 Å². The van der Waals surface area contributed by atoms with Crippen molar-refractivity contribution in [3.8, 4) is 0 Å². The number of fused-ring (bicyclic) bond motifs is 4. The summed E-state index contributed by atoms with van der Waals surface area (Å²) in [5, 5.41) is 79.8. The van der Waals surface area contributed by atoms with Gasteiger partial charge in [0, 0.05) is 31.1 Å². The molecule has 1 fully saturated rings. The number of aliphatic hydroxyl groups excluding tert-OH is 7. The molecule has 1 heterocycles. The predicted octanol–water partition coefficient (Wildman–Crippen LogP) is 5.66. The van der Waals surface area contributed by atoms with Crippen molar-refractivity contribution in [3.63, 3.8) is 0 Å². The summed E-state index contributed by atoms with van der Waals surface area (Å²) in [5.41, 5.74) is 0. The number of unbranched alkanes of at least 4 members (excludes halogenated alkanes) is 10. The van der Waals surface area contributed by atoms with E-state index in [-0.39, 0.29) is 32.1 Å². The molecule has 68 heavy (non-hydrogen) atoms. The number of carbonyl (C=O) groups excluding carboxylic acids is 2. The van der Waals surface area contributed by atoms with E-state index in [2.05, 4.69) is 31.2 Å². The first-order valence-electron chi connectivity index (χ1n) is 24.4. The molecule has 1 aliphatic carbocycles. The Morgan fingerprint density at radius 2 is 1.49 bits per heavy atom. The highest BCUT2D eigenvalue weighted by Gasteiger charge is 2.51. The fourth-order valence-corrected chi connectivity index (χ4v) is 9.52. The summed E-state index contributed by atoms with van der Waals surface area (Å²) in [7, 11) is -11.5. The van der Waals surface area contributed by atoms with Gasteiger partial charge in [-0.05, 0) is 64.2 Å². The van der Waals surface area contributed by atoms with Crippen molar-refractivity contribution in [1.82, 2.24) is 0 Å². The van der Waals surface area contributed by atoms with Crippen LogP contribution in [0, 0.1) is 11.8 Å². The molecular formula is C47H82O19P2. The van der Waals surface area contributed by atoms with E-state index in [4.69, 9.17) is 23.0 Å². The maximum atomic E-state index is 13.8. The molecule has 21 heteroatoms. The normalized spacial score (nSPS) is 32.1. The van der Waals surface area contributed by atoms with Gasteiger partial charge in [0.2, 0.25) is 0 Å². The Hall–Kier alpha value is -2.16. The lowest BCUT2D eigenvalue weighted by Gasteiger charge is -2.38. The Bertz CT molecular complexity index is 1620. The van der Waals surface area contributed by atoms with E-state index < -0.39 is 120 Å². The largest absolute Gasteiger partial charge is 0.472 e. The molecule has 0 radical (unpaired) electrons. The van der Waals surface area contributed by atoms with Crippen LogP contribution >= 0.6 is 15.6 Å². The first kappa shape index (κ1) is 62.0. The highest BCUT2D eigenvalue weighted by Crippen LogP contribution is 2.50. The Kier molecular flexibility index (Phi) is 31.2. The number of rotatable bonds is 23. The second-order valence-electron chi connectivity index (χ2n) is 17.8. The van der Waals surface area contributed by atoms with Crippen LogP contribution in [0.5, 0.6) is 0 Å². The number of cyclic esters (lactones) is 1. The first-order valence-corrected chi connectivity index (χ1v) is 27.5. The van der Waals surface area contributed by atoms with E-state index in [0.29, 0.717) is 25.7 Å². The lowest BCUT2D eigenvalue weighted by atomic mass is 9.83. The molecule has 394 valence electrons. The molecule has 2 bridgehead atoms. The number of phosphoric ester groups is 2. The average molecular weight is 1010 g/mol. The van der Waals surface area contributed by atoms with Gasteiger partial charge in [0.15, 0.2) is 6.10 Å². The highest BCUT2D eigenvalue weighted by atomic mass is 31.2. The predicted molar refractivity (Wildman–Crippen MR) is 252 cm³/mol. The molecule has 0 aromatic carbocycles. The van der Waals surface area contributed by atoms with Gasteiger partial charge in [-0.1, -0.05) is 114 Å². The molecule has 0 saturated heterocycles. The van der Waals surface area contributed by atoms with Crippen LogP contribution in [0.15, 0.2) is 48.6 Å². The Balaban J connectivity index is 2.37. The third-order valence-corrected chi connectivity index (χ3v) is 13.4. The number of allylic oxidation sites excluding steroid dienone is 6. The molecular weight excluding hydrogens is 930 g/mol. The Morgan fingerprint density at radius 3 is 2.16 bits per heavy atom. The smallest absolute Gasteiger partial charge is 0.462 e. The Morgan fingerprint density at radius 1 is 0.838 bits per heavy atom. The van der Waals surface area contributed by atoms with Gasteiger partial charge in [0.05, 0.1) is 37.1 Å². The number of aliphatic hydroxyl groups is 7. The summed E-state index contributed by atoms with van der Waals surface area (Å²) in [6.07, 6.45) is 5.66. The minimum atomic E-state index is -5.77. The number of esters is 2. The third-order valence-electron chi connectivity index (χ3n) is 11.9. The topological polar surface area (TPSA) is 317 Å². The van der Waals surface area contributed by atoms with Gasteiger partial charge in [-0.25, -0.2) is 9.13 Å². The van der Waals surface area contributed by atoms with Crippen molar-refractivity contribution < 1.29 is 92.2 Å². The summed E-state index contributed by atoms with van der Waals surface area (Å²) in [5.74, 6) is -4.55. The van der Waals surface area contributed by atoms with E-state index in [1.807, 2.05) is 6.92 Å². The fourth-order valence-electron chi connectivity index (χ4n) is 7.99. The zero-order valence-corrected chi connectivity index (χ0v) is 41.6. The van der Waals surface area contributed by atoms with Crippen molar-refractivity contribution in [3.05, 3.63) is 48.6 Å². The SMILES string of the molecule is CCCCC/C=C\C/C=C\CCCCCCCC(=O)O[C@@H]1COC(=O)CCC/C=C/C[C@@H]2[C@@H](O)[C@H](O)[C@@H](O)[C@H](OP(=O)(O)OC1)[C@H](OP(=O)(O)O)[C@H](O)[C@@H](/C=C/[C@@H](O)CCCCC)[C@H](O)C[C@@H]2O. The maximum Gasteiger partial charge on any atom is 0.472 e. The van der Waals surface area contributed by atoms with Gasteiger partial charge in [-0.15, -0.1) is 0 Å². The number of phosphoric acid groups is 2. The van der Waals surface area contributed by atoms with E-state index in [1.54, 1.807) is 6.08 Å². The molecule has 0 aromatic rings. The van der Waals surface area contributed by atoms with Crippen LogP contribution in [0.2, 0.25) is 0 Å². The fraction of sp³-hybridized carbons (Fsp3) is 0.787. The molecule has 1 saturated carbocycles. The van der Waals surface area contributed by atoms with Crippen molar-refractivity contribution >= 4 is 27.6 Å². The summed E-state index contributed by atoms with van der Waals surface area (Å²) in [4.78, 5) is 56.7. The van der Waals surface area contributed by atoms with Crippen LogP contribution < -0.4 is 0 Å². The minimum absolute atomic E-state index is 0.0464. The van der Waals surface area contributed by atoms with Crippen molar-refractivity contribution in [2.75, 3.05) is 13.2 Å². The van der Waals surface area contributed by atoms with Gasteiger partial charge in [0.1, 0.15) is 31.0 Å². The average Bonchev–Trinajstić information content (AvgIpc) is 3.28. The monoisotopic (exact) mass is 1010 g/mol. The summed E-state index contributed by atoms with van der Waals surface area (Å²) >= 11 is 0. The van der Waals surface area contributed by atoms with Crippen LogP contribution in [-0.2, 0) is 41.8 Å². The lowest BCUT2D eigenvalue weighted by Crippen LogP contribution is -2.56. The third kappa shape index (κ3) is 25.8. The molecule has 0 spiro atoms. The molecule has 10 N–H and O–H groups in total. The molecule has 13 atom stereocenters. The lowest BCUT2D eigenvalue weighted by molar-refractivity contribution is -0.165. The quantitative estimate of drug-likeness (QED) is 0.0255. The van der Waals surface area contributed by atoms with Gasteiger partial charge < -0.3 is 59.9 Å². The molecule has 0 amide bonds. The van der Waals surface area contributed by atoms with Crippen LogP contribution in [0.3, 0.4) is 0 Å². The molecule has 2 rings (SSSR count). The number of carbonyl (C=O) groups is 2. The molecule has 0 aromatic heterocycles. The van der Waals surface area contributed by atoms with Crippen LogP contribution in [0.1, 0.15) is 149 Å². The molecule has 2 aliphatic rings. The van der Waals surface area contributed by atoms with Crippen molar-refractivity contribution in [2.45, 2.75) is 210 Å². The molecule has 1 aliphatic heterocycles. The van der Waals surface area contributed by atoms with Crippen LogP contribution in [-0.4, -0.2) is 137 Å². The molecule has 1 unspecified atom stereocenters. The number of ether oxygens (including phenoxy) is 2. The van der Waals surface area contributed by atoms with E-state index >= 15 is 0 Å². The standard InChI is InChI=1S/C47H82O19P2/c1-3-5-7-8-9-10-11-12-13-14-15-16-17-18-24-28-41(52)64-35-32-62-40(51)27-23-20-19-22-26-36-38(49)31-39(50)37(30-29-34(48)25-21-6-4-2)43(54)46(65-67(57,58)59)47(45(56)44(55)42(36)53)66-68(60,61)63-33-35/h9-10,12-13,19,22,29-30,34-39,42-50,53-56H,3-8,11,14-18,20-21,23-28,31-33H2,1-2H3,(H,60,61)(H2,57,58,59)/b10-9-,13-12-,22-19+,30-29+/t34-,35+,36-,37-,38-,39+,42+,43+,44-,45+,46+,47-/m0/s1. The highest BCUT2D eigenvalue weighted by molar-refractivity contribution is 7.47. The van der Waals surface area contributed by atoms with Crippen LogP contribution in [0.4, 0.5) is 0 Å². The second-order valence-corrected chi connectivity index (χ2v) is 20.4. The second kappa shape index (κ2) is 34.2. The van der Waals surface area contributed by atoms with Crippen molar-refractivity contribution in [2.24, 2.45) is 11.8 Å². The zero-order valence-electron chi connectivity index (χ0n) is 39.9. The van der Waals surface area contributed by atoms with E-state index in [1.165, 1.54) is 31.4 Å². The van der Waals surface area contributed by atoms with Gasteiger partial charge in [-0.2, -0.15) is 0 Å². The van der Waals surface area contributed by atoms with Gasteiger partial charge in [0.25, 0.3) is 0 Å². The molecule has 19 nitrogen and oxygen atoms in total. The number of hydrogen-bond acceptors (Lipinski definition) is 16. The summed E-state index contributed by atoms with van der Waals surface area (Å²) in [6.45, 7) is 2.52. The summed E-state index contributed by atoms with van der Waals surface area (Å²) < 4.78 is 52.2. The maximum absolute atomic E-state index is 13.8.